The third-order valence-corrected chi connectivity index (χ3v) is 5.19. The predicted octanol–water partition coefficient (Wildman–Crippen LogP) is -2.41. The van der Waals surface area contributed by atoms with Gasteiger partial charge in [0.1, 0.15) is 18.2 Å². The molecule has 3 unspecified atom stereocenters. The van der Waals surface area contributed by atoms with Gasteiger partial charge in [-0.2, -0.15) is 0 Å². The van der Waals surface area contributed by atoms with Gasteiger partial charge in [-0.3, -0.25) is 9.59 Å². The van der Waals surface area contributed by atoms with Crippen molar-refractivity contribution >= 4 is 42.9 Å². The van der Waals surface area contributed by atoms with Gasteiger partial charge in [-0.25, -0.2) is 4.79 Å². The molecular weight excluding hydrogens is 406 g/mol. The second-order valence-corrected chi connectivity index (χ2v) is 7.14. The number of carboxylic acids is 1. The minimum absolute atomic E-state index is 0.422. The lowest BCUT2D eigenvalue weighted by Crippen LogP contribution is -2.50. The summed E-state index contributed by atoms with van der Waals surface area (Å²) in [5.74, 6) is -2.78. The fraction of sp³-hybridized carbons (Fsp3) is 0.211. The molecular formula is C19H18B2N2O8. The van der Waals surface area contributed by atoms with Crippen molar-refractivity contribution < 1.29 is 38.8 Å². The Morgan fingerprint density at radius 1 is 0.871 bits per heavy atom. The summed E-state index contributed by atoms with van der Waals surface area (Å²) >= 11 is 0. The first-order valence-corrected chi connectivity index (χ1v) is 9.52. The molecule has 2 aliphatic heterocycles. The SMILES string of the molecule is O=C(O)C(CNC(=O)C1OB(O)c2ccccc21)NC(=O)C1OB(O)c2ccccc21. The Balaban J connectivity index is 1.40. The lowest BCUT2D eigenvalue weighted by Gasteiger charge is -2.20. The maximum atomic E-state index is 12.6. The minimum atomic E-state index is -1.45. The lowest BCUT2D eigenvalue weighted by molar-refractivity contribution is -0.143. The molecule has 2 heterocycles. The molecule has 0 saturated carbocycles. The van der Waals surface area contributed by atoms with Crippen LogP contribution in [0.3, 0.4) is 0 Å². The van der Waals surface area contributed by atoms with Crippen molar-refractivity contribution in [3.8, 4) is 0 Å². The molecule has 4 rings (SSSR count). The average molecular weight is 424 g/mol. The Morgan fingerprint density at radius 3 is 1.87 bits per heavy atom. The quantitative estimate of drug-likeness (QED) is 0.322. The number of benzene rings is 2. The molecule has 2 aromatic carbocycles. The Morgan fingerprint density at radius 2 is 1.35 bits per heavy atom. The van der Waals surface area contributed by atoms with Gasteiger partial charge in [0.05, 0.1) is 0 Å². The lowest BCUT2D eigenvalue weighted by atomic mass is 9.79. The highest BCUT2D eigenvalue weighted by Gasteiger charge is 2.41. The molecule has 0 saturated heterocycles. The first-order valence-electron chi connectivity index (χ1n) is 9.52. The van der Waals surface area contributed by atoms with Crippen LogP contribution in [0, 0.1) is 0 Å². The van der Waals surface area contributed by atoms with Gasteiger partial charge in [-0.1, -0.05) is 48.5 Å². The average Bonchev–Trinajstić information content (AvgIpc) is 3.28. The minimum Gasteiger partial charge on any atom is -0.480 e. The van der Waals surface area contributed by atoms with Gasteiger partial charge in [0, 0.05) is 6.54 Å². The van der Waals surface area contributed by atoms with Crippen molar-refractivity contribution in [2.24, 2.45) is 0 Å². The molecule has 12 heteroatoms. The van der Waals surface area contributed by atoms with Crippen LogP contribution in [-0.2, 0) is 23.7 Å². The van der Waals surface area contributed by atoms with Crippen molar-refractivity contribution in [1.82, 2.24) is 10.6 Å². The number of aliphatic carboxylic acids is 1. The second kappa shape index (κ2) is 8.52. The molecule has 158 valence electrons. The maximum absolute atomic E-state index is 12.6. The van der Waals surface area contributed by atoms with Gasteiger partial charge < -0.3 is 35.1 Å². The molecule has 0 fully saturated rings. The standard InChI is InChI=1S/C19H18B2N2O8/c24-17(15-10-5-1-3-7-12(10)20(28)30-15)22-9-14(19(26)27)23-18(25)16-11-6-2-4-8-13(11)21(29)31-16/h1-8,14-16,28-29H,9H2,(H,22,24)(H,23,25)(H,26,27). The highest BCUT2D eigenvalue weighted by atomic mass is 16.5. The zero-order valence-electron chi connectivity index (χ0n) is 16.1. The fourth-order valence-electron chi connectivity index (χ4n) is 3.65. The van der Waals surface area contributed by atoms with E-state index in [0.717, 1.165) is 0 Å². The first-order chi connectivity index (χ1) is 14.9. The predicted molar refractivity (Wildman–Crippen MR) is 108 cm³/mol. The molecule has 2 aromatic rings. The molecule has 0 aliphatic carbocycles. The summed E-state index contributed by atoms with van der Waals surface area (Å²) in [6, 6.07) is 11.8. The summed E-state index contributed by atoms with van der Waals surface area (Å²) in [5, 5.41) is 34.1. The largest absolute Gasteiger partial charge is 0.492 e. The Kier molecular flexibility index (Phi) is 5.79. The van der Waals surface area contributed by atoms with E-state index in [1.807, 2.05) is 0 Å². The number of nitrogens with one attached hydrogen (secondary N) is 2. The van der Waals surface area contributed by atoms with Gasteiger partial charge in [0.2, 0.25) is 0 Å². The number of carboxylic acid groups (broad SMARTS) is 1. The van der Waals surface area contributed by atoms with Crippen LogP contribution < -0.4 is 21.6 Å². The summed E-state index contributed by atoms with van der Waals surface area (Å²) in [7, 11) is -2.55. The molecule has 2 aliphatic rings. The number of carbonyl (C=O) groups is 3. The van der Waals surface area contributed by atoms with Gasteiger partial charge >= 0.3 is 20.2 Å². The van der Waals surface area contributed by atoms with E-state index >= 15 is 0 Å². The molecule has 0 bridgehead atoms. The molecule has 0 radical (unpaired) electrons. The number of amides is 2. The van der Waals surface area contributed by atoms with Crippen molar-refractivity contribution in [2.75, 3.05) is 6.54 Å². The van der Waals surface area contributed by atoms with Crippen LogP contribution in [-0.4, -0.2) is 59.8 Å². The van der Waals surface area contributed by atoms with E-state index in [0.29, 0.717) is 22.1 Å². The summed E-state index contributed by atoms with van der Waals surface area (Å²) < 4.78 is 10.5. The van der Waals surface area contributed by atoms with E-state index in [2.05, 4.69) is 10.6 Å². The molecule has 5 N–H and O–H groups in total. The van der Waals surface area contributed by atoms with Gasteiger partial charge in [0.15, 0.2) is 0 Å². The highest BCUT2D eigenvalue weighted by molar-refractivity contribution is 6.62. The number of rotatable bonds is 6. The topological polar surface area (TPSA) is 154 Å². The molecule has 10 nitrogen and oxygen atoms in total. The van der Waals surface area contributed by atoms with Gasteiger partial charge in [-0.05, 0) is 22.1 Å². The van der Waals surface area contributed by atoms with Crippen molar-refractivity contribution in [3.05, 3.63) is 59.7 Å². The van der Waals surface area contributed by atoms with E-state index in [1.54, 1.807) is 48.5 Å². The number of hydrogen-bond acceptors (Lipinski definition) is 7. The van der Waals surface area contributed by atoms with Crippen LogP contribution >= 0.6 is 0 Å². The van der Waals surface area contributed by atoms with Gasteiger partial charge in [-0.15, -0.1) is 0 Å². The van der Waals surface area contributed by atoms with Gasteiger partial charge in [0.25, 0.3) is 11.8 Å². The molecule has 31 heavy (non-hydrogen) atoms. The van der Waals surface area contributed by atoms with Crippen LogP contribution in [0.2, 0.25) is 0 Å². The van der Waals surface area contributed by atoms with Crippen molar-refractivity contribution in [2.45, 2.75) is 18.2 Å². The Hall–Kier alpha value is -3.18. The summed E-state index contributed by atoms with van der Waals surface area (Å²) in [5.41, 5.74) is 1.80. The monoisotopic (exact) mass is 424 g/mol. The smallest absolute Gasteiger partial charge is 0.480 e. The number of carbonyl (C=O) groups excluding carboxylic acids is 2. The van der Waals surface area contributed by atoms with Crippen LogP contribution in [0.4, 0.5) is 0 Å². The first kappa shape index (κ1) is 21.1. The summed E-state index contributed by atoms with van der Waals surface area (Å²) in [6.45, 7) is -0.422. The molecule has 3 atom stereocenters. The molecule has 0 aromatic heterocycles. The summed E-state index contributed by atoms with van der Waals surface area (Å²) in [6.07, 6.45) is -2.28. The third kappa shape index (κ3) is 4.06. The Bertz CT molecular complexity index is 1040. The van der Waals surface area contributed by atoms with Crippen LogP contribution in [0.15, 0.2) is 48.5 Å². The third-order valence-electron chi connectivity index (χ3n) is 5.19. The normalized spacial score (nSPS) is 20.1. The van der Waals surface area contributed by atoms with Crippen LogP contribution in [0.1, 0.15) is 23.3 Å². The number of hydrogen-bond donors (Lipinski definition) is 5. The maximum Gasteiger partial charge on any atom is 0.492 e. The highest BCUT2D eigenvalue weighted by Crippen LogP contribution is 2.24. The second-order valence-electron chi connectivity index (χ2n) is 7.14. The molecule has 0 spiro atoms. The van der Waals surface area contributed by atoms with E-state index in [9.17, 15) is 29.5 Å². The zero-order valence-corrected chi connectivity index (χ0v) is 16.1. The van der Waals surface area contributed by atoms with E-state index in [4.69, 9.17) is 9.31 Å². The number of fused-ring (bicyclic) bond motifs is 2. The molecule has 2 amide bonds. The van der Waals surface area contributed by atoms with Crippen molar-refractivity contribution in [3.63, 3.8) is 0 Å². The van der Waals surface area contributed by atoms with Crippen molar-refractivity contribution in [1.29, 1.82) is 0 Å². The van der Waals surface area contributed by atoms with E-state index in [-0.39, 0.29) is 0 Å². The zero-order chi connectivity index (χ0) is 22.1. The fourth-order valence-corrected chi connectivity index (χ4v) is 3.65. The summed E-state index contributed by atoms with van der Waals surface area (Å²) in [4.78, 5) is 36.7. The van der Waals surface area contributed by atoms with E-state index in [1.165, 1.54) is 0 Å². The van der Waals surface area contributed by atoms with Crippen LogP contribution in [0.5, 0.6) is 0 Å². The Labute approximate surface area is 177 Å². The van der Waals surface area contributed by atoms with E-state index < -0.39 is 56.8 Å². The van der Waals surface area contributed by atoms with Crippen LogP contribution in [0.25, 0.3) is 0 Å².